The highest BCUT2D eigenvalue weighted by Crippen LogP contribution is 2.37. The highest BCUT2D eigenvalue weighted by molar-refractivity contribution is 7.81. The molecule has 42 heavy (non-hydrogen) atoms. The van der Waals surface area contributed by atoms with Gasteiger partial charge >= 0.3 is 11.9 Å². The number of ether oxygens (including phenoxy) is 6. The molecule has 0 aliphatic heterocycles. The van der Waals surface area contributed by atoms with Gasteiger partial charge in [0.2, 0.25) is 0 Å². The van der Waals surface area contributed by atoms with Crippen molar-refractivity contribution in [3.8, 4) is 23.0 Å². The monoisotopic (exact) mass is 612 g/mol. The fourth-order valence-corrected chi connectivity index (χ4v) is 4.59. The fourth-order valence-electron chi connectivity index (χ4n) is 4.09. The lowest BCUT2D eigenvalue weighted by Crippen LogP contribution is -2.38. The van der Waals surface area contributed by atoms with E-state index in [2.05, 4.69) is 10.6 Å². The molecule has 0 bridgehead atoms. The van der Waals surface area contributed by atoms with Crippen LogP contribution in [0.4, 0.5) is 0 Å². The van der Waals surface area contributed by atoms with Gasteiger partial charge in [-0.05, 0) is 71.8 Å². The second-order valence-corrected chi connectivity index (χ2v) is 9.47. The summed E-state index contributed by atoms with van der Waals surface area (Å²) in [7, 11) is 8.54. The Kier molecular flexibility index (Phi) is 11.5. The van der Waals surface area contributed by atoms with Gasteiger partial charge < -0.3 is 39.1 Å². The molecule has 3 aromatic rings. The zero-order valence-electron chi connectivity index (χ0n) is 24.0. The van der Waals surface area contributed by atoms with E-state index < -0.39 is 24.0 Å². The maximum absolute atomic E-state index is 13.2. The van der Waals surface area contributed by atoms with Gasteiger partial charge in [0.05, 0.1) is 42.7 Å². The highest BCUT2D eigenvalue weighted by atomic mass is 32.1. The lowest BCUT2D eigenvalue weighted by atomic mass is 9.93. The van der Waals surface area contributed by atoms with E-state index in [0.717, 1.165) is 0 Å². The number of rotatable bonds is 12. The SMILES string of the molecule is COC(=O)[C@@H](NC(=S)c1ccc(OC)cc1)c1cc(OC)c(OC)cc1[C@@H](NC(=S)c1ccc(OC)cc1)C(=O)OC. The molecule has 222 valence electrons. The van der Waals surface area contributed by atoms with E-state index in [4.69, 9.17) is 52.9 Å². The maximum Gasteiger partial charge on any atom is 0.333 e. The molecule has 2 N–H and O–H groups in total. The van der Waals surface area contributed by atoms with Crippen molar-refractivity contribution in [1.29, 1.82) is 0 Å². The van der Waals surface area contributed by atoms with Crippen LogP contribution in [0.15, 0.2) is 60.7 Å². The average molecular weight is 613 g/mol. The van der Waals surface area contributed by atoms with Gasteiger partial charge in [0.25, 0.3) is 0 Å². The Morgan fingerprint density at radius 1 is 0.571 bits per heavy atom. The highest BCUT2D eigenvalue weighted by Gasteiger charge is 2.34. The predicted octanol–water partition coefficient (Wildman–Crippen LogP) is 4.08. The summed E-state index contributed by atoms with van der Waals surface area (Å²) in [5, 5.41) is 6.14. The first kappa shape index (κ1) is 32.1. The number of nitrogens with one attached hydrogen (secondary N) is 2. The smallest absolute Gasteiger partial charge is 0.333 e. The summed E-state index contributed by atoms with van der Waals surface area (Å²) in [6.45, 7) is 0. The third-order valence-corrected chi connectivity index (χ3v) is 7.05. The van der Waals surface area contributed by atoms with Crippen LogP contribution in [0.5, 0.6) is 23.0 Å². The van der Waals surface area contributed by atoms with Gasteiger partial charge in [0.1, 0.15) is 21.5 Å². The third kappa shape index (κ3) is 7.45. The van der Waals surface area contributed by atoms with Crippen molar-refractivity contribution >= 4 is 46.4 Å². The number of esters is 2. The van der Waals surface area contributed by atoms with E-state index in [-0.39, 0.29) is 9.98 Å². The van der Waals surface area contributed by atoms with Crippen molar-refractivity contribution < 1.29 is 38.0 Å². The second-order valence-electron chi connectivity index (χ2n) is 8.65. The first-order chi connectivity index (χ1) is 20.2. The van der Waals surface area contributed by atoms with Crippen molar-refractivity contribution in [3.63, 3.8) is 0 Å². The first-order valence-electron chi connectivity index (χ1n) is 12.5. The summed E-state index contributed by atoms with van der Waals surface area (Å²) < 4.78 is 31.8. The number of hydrogen-bond acceptors (Lipinski definition) is 10. The number of benzene rings is 3. The zero-order valence-corrected chi connectivity index (χ0v) is 25.6. The molecule has 0 saturated heterocycles. The molecule has 0 spiro atoms. The van der Waals surface area contributed by atoms with Crippen LogP contribution in [0.1, 0.15) is 34.3 Å². The van der Waals surface area contributed by atoms with Gasteiger partial charge in [0.15, 0.2) is 23.6 Å². The standard InChI is InChI=1S/C30H32N2O8S2/c1-35-19-11-7-17(8-12-19)27(41)31-25(29(33)39-5)21-15-23(37-3)24(38-4)16-22(21)26(30(34)40-6)32-28(42)18-9-13-20(36-2)14-10-18/h7-16,25-26H,1-6H3,(H,31,41)(H,32,42)/t25-,26+. The number of methoxy groups -OCH3 is 6. The predicted molar refractivity (Wildman–Crippen MR) is 165 cm³/mol. The molecule has 0 fully saturated rings. The summed E-state index contributed by atoms with van der Waals surface area (Å²) in [4.78, 5) is 27.0. The molecule has 0 saturated carbocycles. The summed E-state index contributed by atoms with van der Waals surface area (Å²) >= 11 is 11.3. The molecule has 0 aromatic heterocycles. The van der Waals surface area contributed by atoms with Crippen LogP contribution in [0.2, 0.25) is 0 Å². The second kappa shape index (κ2) is 15.0. The van der Waals surface area contributed by atoms with Crippen molar-refractivity contribution in [1.82, 2.24) is 10.6 Å². The van der Waals surface area contributed by atoms with E-state index in [1.807, 2.05) is 0 Å². The van der Waals surface area contributed by atoms with Crippen LogP contribution in [0.3, 0.4) is 0 Å². The number of hydrogen-bond donors (Lipinski definition) is 2. The Hall–Kier alpha value is -4.42. The van der Waals surface area contributed by atoms with Gasteiger partial charge in [-0.15, -0.1) is 0 Å². The Balaban J connectivity index is 2.14. The lowest BCUT2D eigenvalue weighted by Gasteiger charge is -2.27. The molecule has 0 aliphatic carbocycles. The molecule has 0 amide bonds. The largest absolute Gasteiger partial charge is 0.497 e. The van der Waals surface area contributed by atoms with Gasteiger partial charge in [-0.25, -0.2) is 9.59 Å². The van der Waals surface area contributed by atoms with Crippen LogP contribution in [0, 0.1) is 0 Å². The van der Waals surface area contributed by atoms with Gasteiger partial charge in [-0.1, -0.05) is 24.4 Å². The molecule has 12 heteroatoms. The number of thiocarbonyl (C=S) groups is 2. The average Bonchev–Trinajstić information content (AvgIpc) is 3.04. The van der Waals surface area contributed by atoms with E-state index >= 15 is 0 Å². The van der Waals surface area contributed by atoms with Crippen molar-refractivity contribution in [2.24, 2.45) is 0 Å². The molecule has 0 unspecified atom stereocenters. The minimum absolute atomic E-state index is 0.255. The van der Waals surface area contributed by atoms with E-state index in [1.165, 1.54) is 28.4 Å². The van der Waals surface area contributed by atoms with Crippen molar-refractivity contribution in [2.75, 3.05) is 42.7 Å². The fraction of sp³-hybridized carbons (Fsp3) is 0.267. The molecular weight excluding hydrogens is 580 g/mol. The Bertz CT molecular complexity index is 1320. The van der Waals surface area contributed by atoms with Gasteiger partial charge in [-0.2, -0.15) is 0 Å². The molecule has 0 heterocycles. The molecule has 3 rings (SSSR count). The molecule has 10 nitrogen and oxygen atoms in total. The molecule has 3 aromatic carbocycles. The number of carbonyl (C=O) groups is 2. The summed E-state index contributed by atoms with van der Waals surface area (Å²) in [6, 6.07) is 14.8. The van der Waals surface area contributed by atoms with Crippen LogP contribution in [-0.2, 0) is 19.1 Å². The van der Waals surface area contributed by atoms with Gasteiger partial charge in [-0.3, -0.25) is 0 Å². The minimum atomic E-state index is -1.16. The topological polar surface area (TPSA) is 114 Å². The normalized spacial score (nSPS) is 11.8. The van der Waals surface area contributed by atoms with E-state index in [0.29, 0.717) is 45.3 Å². The van der Waals surface area contributed by atoms with Crippen molar-refractivity contribution in [3.05, 3.63) is 82.9 Å². The quantitative estimate of drug-likeness (QED) is 0.227. The van der Waals surface area contributed by atoms with Gasteiger partial charge in [0, 0.05) is 11.1 Å². The Morgan fingerprint density at radius 3 is 1.17 bits per heavy atom. The summed E-state index contributed by atoms with van der Waals surface area (Å²) in [6.07, 6.45) is 0. The van der Waals surface area contributed by atoms with Crippen LogP contribution < -0.4 is 29.6 Å². The summed E-state index contributed by atoms with van der Waals surface area (Å²) in [5.74, 6) is 0.579. The molecule has 0 aliphatic rings. The Labute approximate surface area is 255 Å². The lowest BCUT2D eigenvalue weighted by molar-refractivity contribution is -0.144. The van der Waals surface area contributed by atoms with Crippen LogP contribution in [-0.4, -0.2) is 64.6 Å². The summed E-state index contributed by atoms with van der Waals surface area (Å²) in [5.41, 5.74) is 1.89. The minimum Gasteiger partial charge on any atom is -0.497 e. The molecular formula is C30H32N2O8S2. The van der Waals surface area contributed by atoms with Crippen LogP contribution in [0.25, 0.3) is 0 Å². The number of carbonyl (C=O) groups excluding carboxylic acids is 2. The molecule has 2 atom stereocenters. The first-order valence-corrected chi connectivity index (χ1v) is 13.3. The molecule has 0 radical (unpaired) electrons. The van der Waals surface area contributed by atoms with Crippen molar-refractivity contribution in [2.45, 2.75) is 12.1 Å². The zero-order chi connectivity index (χ0) is 30.8. The van der Waals surface area contributed by atoms with Crippen LogP contribution >= 0.6 is 24.4 Å². The van der Waals surface area contributed by atoms with E-state index in [1.54, 1.807) is 74.9 Å². The Morgan fingerprint density at radius 2 is 0.905 bits per heavy atom. The third-order valence-electron chi connectivity index (χ3n) is 6.34. The maximum atomic E-state index is 13.2. The van der Waals surface area contributed by atoms with E-state index in [9.17, 15) is 9.59 Å².